The second-order valence-corrected chi connectivity index (χ2v) is 3.88. The largest absolute Gasteiger partial charge is 0.509 e. The van der Waals surface area contributed by atoms with Gasteiger partial charge in [0.05, 0.1) is 12.2 Å². The number of benzene rings is 1. The van der Waals surface area contributed by atoms with E-state index in [0.29, 0.717) is 12.8 Å². The number of ether oxygens (including phenoxy) is 1. The standard InChI is InChI=1S/C11H11B3O5/c12-6-5(11(18)19-4-2-1-3-15)9(16)7(13)8(14)10(6)17/h15-17H,1-4H2. The summed E-state index contributed by atoms with van der Waals surface area (Å²) >= 11 is 0. The first-order valence-corrected chi connectivity index (χ1v) is 5.58. The fraction of sp³-hybridized carbons (Fsp3) is 0.364. The SMILES string of the molecule is [B]c1c([B])c(O)c(C(=O)OCCCCO)c([B])c1O. The summed E-state index contributed by atoms with van der Waals surface area (Å²) in [6.07, 6.45) is 0.934. The van der Waals surface area contributed by atoms with Crippen LogP contribution in [-0.2, 0) is 4.74 Å². The van der Waals surface area contributed by atoms with Gasteiger partial charge in [0.25, 0.3) is 0 Å². The Morgan fingerprint density at radius 3 is 2.16 bits per heavy atom. The summed E-state index contributed by atoms with van der Waals surface area (Å²) in [6, 6.07) is 0. The van der Waals surface area contributed by atoms with E-state index in [4.69, 9.17) is 33.4 Å². The van der Waals surface area contributed by atoms with Crippen LogP contribution in [0.3, 0.4) is 0 Å². The Labute approximate surface area is 114 Å². The first-order chi connectivity index (χ1) is 8.91. The summed E-state index contributed by atoms with van der Waals surface area (Å²) in [5.41, 5.74) is -1.45. The van der Waals surface area contributed by atoms with E-state index in [2.05, 4.69) is 0 Å². The lowest BCUT2D eigenvalue weighted by Crippen LogP contribution is -2.35. The van der Waals surface area contributed by atoms with Gasteiger partial charge in [0.2, 0.25) is 0 Å². The molecule has 94 valence electrons. The molecule has 0 unspecified atom stereocenters. The molecule has 0 aliphatic heterocycles. The molecular weight excluding hydrogens is 245 g/mol. The van der Waals surface area contributed by atoms with Crippen molar-refractivity contribution >= 4 is 45.9 Å². The highest BCUT2D eigenvalue weighted by Gasteiger charge is 2.21. The molecule has 1 rings (SSSR count). The third-order valence-electron chi connectivity index (χ3n) is 2.55. The van der Waals surface area contributed by atoms with Crippen LogP contribution in [0.4, 0.5) is 0 Å². The van der Waals surface area contributed by atoms with E-state index in [-0.39, 0.29) is 24.1 Å². The lowest BCUT2D eigenvalue weighted by Gasteiger charge is -2.16. The molecule has 6 radical (unpaired) electrons. The molecule has 0 spiro atoms. The Balaban J connectivity index is 2.97. The summed E-state index contributed by atoms with van der Waals surface area (Å²) in [5.74, 6) is -2.12. The van der Waals surface area contributed by atoms with Crippen LogP contribution in [0.2, 0.25) is 0 Å². The van der Waals surface area contributed by atoms with Gasteiger partial charge in [0.1, 0.15) is 35.0 Å². The number of aromatic hydroxyl groups is 2. The number of phenols is 2. The van der Waals surface area contributed by atoms with Gasteiger partial charge < -0.3 is 20.1 Å². The molecule has 0 aromatic heterocycles. The summed E-state index contributed by atoms with van der Waals surface area (Å²) < 4.78 is 4.84. The maximum Gasteiger partial charge on any atom is 0.341 e. The molecule has 0 heterocycles. The number of phenolic OH excluding ortho intramolecular Hbond substituents is 2. The second-order valence-electron chi connectivity index (χ2n) is 3.88. The smallest absolute Gasteiger partial charge is 0.341 e. The predicted molar refractivity (Wildman–Crippen MR) is 72.5 cm³/mol. The second kappa shape index (κ2) is 6.56. The first-order valence-electron chi connectivity index (χ1n) is 5.58. The maximum absolute atomic E-state index is 11.7. The van der Waals surface area contributed by atoms with E-state index in [9.17, 15) is 15.0 Å². The summed E-state index contributed by atoms with van der Waals surface area (Å²) in [6.45, 7) is 0.0316. The van der Waals surface area contributed by atoms with Crippen molar-refractivity contribution in [3.8, 4) is 11.5 Å². The quantitative estimate of drug-likeness (QED) is 0.233. The molecular formula is C11H11B3O5. The van der Waals surface area contributed by atoms with Crippen LogP contribution >= 0.6 is 0 Å². The van der Waals surface area contributed by atoms with Gasteiger partial charge in [-0.05, 0) is 18.3 Å². The number of aliphatic hydroxyl groups is 1. The van der Waals surface area contributed by atoms with Crippen molar-refractivity contribution in [1.82, 2.24) is 0 Å². The van der Waals surface area contributed by atoms with Crippen LogP contribution in [-0.4, -0.2) is 58.0 Å². The van der Waals surface area contributed by atoms with Crippen molar-refractivity contribution in [2.45, 2.75) is 12.8 Å². The van der Waals surface area contributed by atoms with Crippen LogP contribution in [0.5, 0.6) is 11.5 Å². The molecule has 19 heavy (non-hydrogen) atoms. The van der Waals surface area contributed by atoms with E-state index < -0.39 is 28.5 Å². The third-order valence-corrected chi connectivity index (χ3v) is 2.55. The molecule has 0 saturated heterocycles. The van der Waals surface area contributed by atoms with Crippen LogP contribution < -0.4 is 16.4 Å². The van der Waals surface area contributed by atoms with Crippen LogP contribution in [0, 0.1) is 0 Å². The lowest BCUT2D eigenvalue weighted by atomic mass is 9.73. The molecule has 0 amide bonds. The van der Waals surface area contributed by atoms with Gasteiger partial charge >= 0.3 is 5.97 Å². The molecule has 5 nitrogen and oxygen atoms in total. The molecule has 8 heteroatoms. The Kier molecular flexibility index (Phi) is 5.36. The zero-order chi connectivity index (χ0) is 14.6. The minimum atomic E-state index is -0.921. The Morgan fingerprint density at radius 2 is 1.58 bits per heavy atom. The number of carbonyl (C=O) groups is 1. The Hall–Kier alpha value is -1.56. The number of hydrogen-bond donors (Lipinski definition) is 3. The number of carbonyl (C=O) groups excluding carboxylic acids is 1. The van der Waals surface area contributed by atoms with Crippen LogP contribution in [0.1, 0.15) is 23.2 Å². The number of esters is 1. The minimum absolute atomic E-state index is 0.0133. The highest BCUT2D eigenvalue weighted by atomic mass is 16.5. The van der Waals surface area contributed by atoms with Gasteiger partial charge in [-0.3, -0.25) is 0 Å². The maximum atomic E-state index is 11.7. The number of aliphatic hydroxyl groups excluding tert-OH is 1. The van der Waals surface area contributed by atoms with Gasteiger partial charge in [-0.1, -0.05) is 10.9 Å². The normalized spacial score (nSPS) is 10.4. The summed E-state index contributed by atoms with van der Waals surface area (Å²) in [5, 5.41) is 27.9. The molecule has 1 aromatic carbocycles. The van der Waals surface area contributed by atoms with Gasteiger partial charge in [-0.2, -0.15) is 0 Å². The fourth-order valence-corrected chi connectivity index (χ4v) is 1.44. The van der Waals surface area contributed by atoms with E-state index in [0.717, 1.165) is 0 Å². The molecule has 0 saturated carbocycles. The number of rotatable bonds is 5. The van der Waals surface area contributed by atoms with Crippen molar-refractivity contribution in [1.29, 1.82) is 0 Å². The molecule has 0 aliphatic rings. The van der Waals surface area contributed by atoms with Crippen molar-refractivity contribution in [2.75, 3.05) is 13.2 Å². The number of hydrogen-bond acceptors (Lipinski definition) is 5. The number of unbranched alkanes of at least 4 members (excludes halogenated alkanes) is 1. The zero-order valence-electron chi connectivity index (χ0n) is 10.2. The van der Waals surface area contributed by atoms with Crippen LogP contribution in [0.25, 0.3) is 0 Å². The molecule has 0 atom stereocenters. The average molecular weight is 256 g/mol. The van der Waals surface area contributed by atoms with Gasteiger partial charge in [0, 0.05) is 6.61 Å². The highest BCUT2D eigenvalue weighted by molar-refractivity contribution is 6.54. The third kappa shape index (κ3) is 3.26. The van der Waals surface area contributed by atoms with Crippen molar-refractivity contribution in [3.63, 3.8) is 0 Å². The molecule has 0 bridgehead atoms. The highest BCUT2D eigenvalue weighted by Crippen LogP contribution is 2.15. The zero-order valence-corrected chi connectivity index (χ0v) is 10.2. The van der Waals surface area contributed by atoms with E-state index in [1.807, 2.05) is 0 Å². The Bertz CT molecular complexity index is 461. The summed E-state index contributed by atoms with van der Waals surface area (Å²) in [7, 11) is 16.3. The molecule has 3 N–H and O–H groups in total. The molecule has 0 aliphatic carbocycles. The lowest BCUT2D eigenvalue weighted by molar-refractivity contribution is 0.0491. The minimum Gasteiger partial charge on any atom is -0.509 e. The van der Waals surface area contributed by atoms with Crippen molar-refractivity contribution in [3.05, 3.63) is 5.56 Å². The van der Waals surface area contributed by atoms with Crippen LogP contribution in [0.15, 0.2) is 0 Å². The Morgan fingerprint density at radius 1 is 1.00 bits per heavy atom. The summed E-state index contributed by atoms with van der Waals surface area (Å²) in [4.78, 5) is 11.7. The average Bonchev–Trinajstić information content (AvgIpc) is 2.39. The van der Waals surface area contributed by atoms with Gasteiger partial charge in [-0.15, -0.1) is 0 Å². The van der Waals surface area contributed by atoms with Crippen molar-refractivity contribution < 1.29 is 24.9 Å². The van der Waals surface area contributed by atoms with E-state index in [1.165, 1.54) is 0 Å². The molecule has 1 aromatic rings. The van der Waals surface area contributed by atoms with Gasteiger partial charge in [0.15, 0.2) is 0 Å². The van der Waals surface area contributed by atoms with Crippen molar-refractivity contribution in [2.24, 2.45) is 0 Å². The monoisotopic (exact) mass is 256 g/mol. The van der Waals surface area contributed by atoms with E-state index in [1.54, 1.807) is 0 Å². The van der Waals surface area contributed by atoms with Gasteiger partial charge in [-0.25, -0.2) is 4.79 Å². The van der Waals surface area contributed by atoms with E-state index >= 15 is 0 Å². The topological polar surface area (TPSA) is 87.0 Å². The molecule has 0 fully saturated rings. The predicted octanol–water partition coefficient (Wildman–Crippen LogP) is -2.59. The first kappa shape index (κ1) is 15.5. The fourth-order valence-electron chi connectivity index (χ4n) is 1.44.